The number of rotatable bonds is 4. The first-order chi connectivity index (χ1) is 14.4. The van der Waals surface area contributed by atoms with E-state index in [9.17, 15) is 0 Å². The summed E-state index contributed by atoms with van der Waals surface area (Å²) in [7, 11) is 0. The van der Waals surface area contributed by atoms with E-state index in [1.165, 1.54) is 0 Å². The van der Waals surface area contributed by atoms with Crippen molar-refractivity contribution in [2.45, 2.75) is 0 Å². The minimum atomic E-state index is -1.98. The molecule has 7 heteroatoms. The molecule has 0 aromatic heterocycles. The van der Waals surface area contributed by atoms with Crippen LogP contribution in [0.3, 0.4) is 0 Å². The third-order valence-electron chi connectivity index (χ3n) is 4.38. The molecule has 0 heterocycles. The van der Waals surface area contributed by atoms with E-state index in [1.807, 2.05) is 121 Å². The Balaban J connectivity index is 0.000000213. The van der Waals surface area contributed by atoms with Crippen LogP contribution in [0, 0.1) is 0 Å². The fourth-order valence-electron chi connectivity index (χ4n) is 2.80. The SMILES string of the molecule is S=P([S-])(c1ccccc1)c1ccccc1.S=P([S-])(c1ccccc1)c1ccccc1.[Ni+2]. The van der Waals surface area contributed by atoms with Gasteiger partial charge in [-0.25, -0.2) is 0 Å². The van der Waals surface area contributed by atoms with E-state index in [2.05, 4.69) is 0 Å². The van der Waals surface area contributed by atoms with Crippen molar-refractivity contribution >= 4 is 79.8 Å². The largest absolute Gasteiger partial charge is 2.00 e. The van der Waals surface area contributed by atoms with Crippen molar-refractivity contribution in [2.75, 3.05) is 0 Å². The summed E-state index contributed by atoms with van der Waals surface area (Å²) in [6.45, 7) is 0. The molecule has 4 aromatic carbocycles. The van der Waals surface area contributed by atoms with Crippen LogP contribution in [0.5, 0.6) is 0 Å². The summed E-state index contributed by atoms with van der Waals surface area (Å²) in [6.07, 6.45) is 0. The molecule has 160 valence electrons. The van der Waals surface area contributed by atoms with Gasteiger partial charge < -0.3 is 24.5 Å². The van der Waals surface area contributed by atoms with Crippen LogP contribution >= 0.6 is 10.5 Å². The predicted molar refractivity (Wildman–Crippen MR) is 148 cm³/mol. The van der Waals surface area contributed by atoms with Crippen LogP contribution in [0.2, 0.25) is 0 Å². The van der Waals surface area contributed by atoms with Crippen molar-refractivity contribution in [1.29, 1.82) is 0 Å². The third-order valence-corrected chi connectivity index (χ3v) is 13.4. The maximum atomic E-state index is 5.60. The van der Waals surface area contributed by atoms with Gasteiger partial charge in [0.05, 0.1) is 0 Å². The average Bonchev–Trinajstić information content (AvgIpc) is 2.82. The fraction of sp³-hybridized carbons (Fsp3) is 0. The Hall–Kier alpha value is -0.626. The third kappa shape index (κ3) is 7.18. The molecule has 0 radical (unpaired) electrons. The molecule has 0 aliphatic rings. The van der Waals surface area contributed by atoms with E-state index >= 15 is 0 Å². The first-order valence-electron chi connectivity index (χ1n) is 9.27. The van der Waals surface area contributed by atoms with Crippen molar-refractivity contribution in [3.8, 4) is 0 Å². The van der Waals surface area contributed by atoms with Crippen LogP contribution in [-0.4, -0.2) is 0 Å². The van der Waals surface area contributed by atoms with Gasteiger partial charge in [0.1, 0.15) is 0 Å². The molecule has 0 atom stereocenters. The second kappa shape index (κ2) is 12.6. The normalized spacial score (nSPS) is 10.9. The van der Waals surface area contributed by atoms with Gasteiger partial charge in [-0.3, -0.25) is 0 Å². The fourth-order valence-corrected chi connectivity index (χ4v) is 8.57. The van der Waals surface area contributed by atoms with Gasteiger partial charge in [-0.1, -0.05) is 121 Å². The monoisotopic (exact) mass is 556 g/mol. The second-order valence-corrected chi connectivity index (χ2v) is 18.7. The van der Waals surface area contributed by atoms with E-state index in [0.717, 1.165) is 21.2 Å². The van der Waals surface area contributed by atoms with E-state index in [0.29, 0.717) is 0 Å². The van der Waals surface area contributed by atoms with Crippen LogP contribution in [0.4, 0.5) is 0 Å². The Kier molecular flexibility index (Phi) is 10.8. The molecule has 0 unspecified atom stereocenters. The van der Waals surface area contributed by atoms with E-state index < -0.39 is 10.5 Å². The van der Waals surface area contributed by atoms with Crippen molar-refractivity contribution in [2.24, 2.45) is 0 Å². The summed E-state index contributed by atoms with van der Waals surface area (Å²) in [5.74, 6) is 0. The summed E-state index contributed by atoms with van der Waals surface area (Å²) in [6, 6.07) is 40.1. The molecule has 4 rings (SSSR count). The Bertz CT molecular complexity index is 973. The van der Waals surface area contributed by atoms with Crippen LogP contribution in [0.1, 0.15) is 0 Å². The number of benzene rings is 4. The Morgan fingerprint density at radius 2 is 0.548 bits per heavy atom. The van der Waals surface area contributed by atoms with Gasteiger partial charge >= 0.3 is 16.5 Å². The molecule has 4 aromatic rings. The molecule has 0 N–H and O–H groups in total. The quantitative estimate of drug-likeness (QED) is 0.193. The Morgan fingerprint density at radius 3 is 0.710 bits per heavy atom. The van der Waals surface area contributed by atoms with Gasteiger partial charge in [-0.05, 0) is 21.2 Å². The molecule has 0 saturated carbocycles. The summed E-state index contributed by atoms with van der Waals surface area (Å²) in [5.41, 5.74) is 0. The second-order valence-electron chi connectivity index (χ2n) is 6.45. The molecule has 0 aliphatic heterocycles. The van der Waals surface area contributed by atoms with Crippen molar-refractivity contribution in [3.05, 3.63) is 121 Å². The molecular weight excluding hydrogens is 537 g/mol. The maximum absolute atomic E-state index is 5.60. The number of hydrogen-bond donors (Lipinski definition) is 0. The molecule has 0 saturated heterocycles. The first kappa shape index (κ1) is 26.6. The van der Waals surface area contributed by atoms with E-state index in [-0.39, 0.29) is 16.5 Å². The molecule has 0 bridgehead atoms. The van der Waals surface area contributed by atoms with E-state index in [4.69, 9.17) is 48.1 Å². The van der Waals surface area contributed by atoms with Gasteiger partial charge in [0, 0.05) is 0 Å². The molecular formula is C24H20NiP2S4. The number of hydrogen-bond acceptors (Lipinski definition) is 4. The summed E-state index contributed by atoms with van der Waals surface area (Å²) < 4.78 is 0. The van der Waals surface area contributed by atoms with Crippen LogP contribution < -0.4 is 21.2 Å². The Labute approximate surface area is 216 Å². The Morgan fingerprint density at radius 1 is 0.387 bits per heavy atom. The van der Waals surface area contributed by atoms with Gasteiger partial charge in [-0.15, -0.1) is 34.1 Å². The zero-order valence-electron chi connectivity index (χ0n) is 16.4. The van der Waals surface area contributed by atoms with Crippen molar-refractivity contribution in [1.82, 2.24) is 0 Å². The van der Waals surface area contributed by atoms with Gasteiger partial charge in [0.2, 0.25) is 0 Å². The predicted octanol–water partition coefficient (Wildman–Crippen LogP) is 5.16. The smallest absolute Gasteiger partial charge is 0.738 e. The zero-order valence-corrected chi connectivity index (χ0v) is 22.4. The van der Waals surface area contributed by atoms with Gasteiger partial charge in [0.25, 0.3) is 0 Å². The van der Waals surface area contributed by atoms with E-state index in [1.54, 1.807) is 0 Å². The summed E-state index contributed by atoms with van der Waals surface area (Å²) in [4.78, 5) is 0. The molecule has 0 spiro atoms. The van der Waals surface area contributed by atoms with Gasteiger partial charge in [0.15, 0.2) is 0 Å². The standard InChI is InChI=1S/2C12H11PS2.Ni/c2*14-13(15,11-7-3-1-4-8-11)12-9-5-2-6-10-12;/h2*1-10H,(H,14,15);/q;;+2/p-2. The molecule has 0 nitrogen and oxygen atoms in total. The topological polar surface area (TPSA) is 0 Å². The molecule has 0 fully saturated rings. The molecule has 0 amide bonds. The van der Waals surface area contributed by atoms with Gasteiger partial charge in [-0.2, -0.15) is 0 Å². The molecule has 31 heavy (non-hydrogen) atoms. The van der Waals surface area contributed by atoms with Crippen LogP contribution in [0.25, 0.3) is 0 Å². The zero-order chi connectivity index (χ0) is 21.5. The minimum Gasteiger partial charge on any atom is -0.738 e. The summed E-state index contributed by atoms with van der Waals surface area (Å²) >= 11 is 22.4. The molecule has 0 aliphatic carbocycles. The minimum absolute atomic E-state index is 0. The summed E-state index contributed by atoms with van der Waals surface area (Å²) in [5, 5.41) is 0.432. The van der Waals surface area contributed by atoms with Crippen LogP contribution in [0.15, 0.2) is 121 Å². The maximum Gasteiger partial charge on any atom is 2.00 e. The van der Waals surface area contributed by atoms with Crippen LogP contribution in [-0.2, 0) is 64.6 Å². The first-order valence-corrected chi connectivity index (χ1v) is 16.9. The van der Waals surface area contributed by atoms with Crippen molar-refractivity contribution in [3.63, 3.8) is 0 Å². The van der Waals surface area contributed by atoms with Crippen molar-refractivity contribution < 1.29 is 16.5 Å². The average molecular weight is 557 g/mol.